The van der Waals surface area contributed by atoms with E-state index < -0.39 is 0 Å². The minimum absolute atomic E-state index is 0.619. The van der Waals surface area contributed by atoms with Crippen LogP contribution in [-0.2, 0) is 6.54 Å². The normalized spacial score (nSPS) is 13.4. The van der Waals surface area contributed by atoms with Crippen LogP contribution in [0, 0.1) is 5.92 Å². The molecule has 0 saturated heterocycles. The van der Waals surface area contributed by atoms with Crippen LogP contribution in [-0.4, -0.2) is 6.04 Å². The van der Waals surface area contributed by atoms with Crippen molar-refractivity contribution in [1.29, 1.82) is 0 Å². The fourth-order valence-electron chi connectivity index (χ4n) is 1.41. The summed E-state index contributed by atoms with van der Waals surface area (Å²) in [6.07, 6.45) is 2.58. The summed E-state index contributed by atoms with van der Waals surface area (Å²) < 4.78 is 1.19. The van der Waals surface area contributed by atoms with Crippen LogP contribution in [0.2, 0.25) is 0 Å². The molecule has 0 aliphatic rings. The quantitative estimate of drug-likeness (QED) is 0.817. The maximum absolute atomic E-state index is 3.56. The van der Waals surface area contributed by atoms with Gasteiger partial charge >= 0.3 is 0 Å². The molecular weight excluding hydrogens is 270 g/mol. The van der Waals surface area contributed by atoms with E-state index in [4.69, 9.17) is 0 Å². The van der Waals surface area contributed by atoms with E-state index in [2.05, 4.69) is 53.5 Å². The topological polar surface area (TPSA) is 12.0 Å². The highest BCUT2D eigenvalue weighted by molar-refractivity contribution is 9.10. The van der Waals surface area contributed by atoms with Crippen LogP contribution < -0.4 is 5.32 Å². The zero-order valence-electron chi connectivity index (χ0n) is 9.72. The molecule has 1 heterocycles. The van der Waals surface area contributed by atoms with Gasteiger partial charge in [-0.3, -0.25) is 0 Å². The Morgan fingerprint density at radius 2 is 2.07 bits per heavy atom. The van der Waals surface area contributed by atoms with E-state index in [0.29, 0.717) is 6.04 Å². The first-order valence-corrected chi connectivity index (χ1v) is 7.21. The third-order valence-electron chi connectivity index (χ3n) is 2.42. The average Bonchev–Trinajstić information content (AvgIpc) is 2.58. The lowest BCUT2D eigenvalue weighted by atomic mass is 10.0. The highest BCUT2D eigenvalue weighted by Gasteiger charge is 2.04. The van der Waals surface area contributed by atoms with Crippen LogP contribution >= 0.6 is 27.3 Å². The molecule has 1 nitrogen and oxygen atoms in total. The summed E-state index contributed by atoms with van der Waals surface area (Å²) in [4.78, 5) is 1.40. The van der Waals surface area contributed by atoms with Gasteiger partial charge in [0.15, 0.2) is 0 Å². The van der Waals surface area contributed by atoms with E-state index in [9.17, 15) is 0 Å². The first-order chi connectivity index (χ1) is 7.08. The number of rotatable bonds is 6. The van der Waals surface area contributed by atoms with Crippen molar-refractivity contribution < 1.29 is 0 Å². The Balaban J connectivity index is 2.19. The number of thiophene rings is 1. The van der Waals surface area contributed by atoms with Crippen molar-refractivity contribution in [3.8, 4) is 0 Å². The Morgan fingerprint density at radius 1 is 1.33 bits per heavy atom. The lowest BCUT2D eigenvalue weighted by Gasteiger charge is -2.14. The molecule has 0 saturated carbocycles. The summed E-state index contributed by atoms with van der Waals surface area (Å²) in [6.45, 7) is 7.83. The fraction of sp³-hybridized carbons (Fsp3) is 0.667. The number of nitrogens with one attached hydrogen (secondary N) is 1. The molecule has 0 aliphatic carbocycles. The molecule has 0 fully saturated rings. The van der Waals surface area contributed by atoms with E-state index in [0.717, 1.165) is 12.5 Å². The smallest absolute Gasteiger partial charge is 0.0302 e. The maximum atomic E-state index is 3.56. The molecule has 0 aromatic carbocycles. The van der Waals surface area contributed by atoms with Crippen molar-refractivity contribution in [3.05, 3.63) is 20.8 Å². The SMILES string of the molecule is CC(C)CCC(C)NCc1cc(Br)cs1. The van der Waals surface area contributed by atoms with E-state index in [-0.39, 0.29) is 0 Å². The lowest BCUT2D eigenvalue weighted by Crippen LogP contribution is -2.25. The molecule has 1 aromatic heterocycles. The van der Waals surface area contributed by atoms with E-state index in [1.165, 1.54) is 22.2 Å². The Labute approximate surface area is 105 Å². The van der Waals surface area contributed by atoms with Crippen LogP contribution in [0.1, 0.15) is 38.5 Å². The van der Waals surface area contributed by atoms with Crippen molar-refractivity contribution in [2.75, 3.05) is 0 Å². The standard InChI is InChI=1S/C12H20BrNS/c1-9(2)4-5-10(3)14-7-12-6-11(13)8-15-12/h6,8-10,14H,4-5,7H2,1-3H3. The summed E-state index contributed by atoms with van der Waals surface area (Å²) in [6, 6.07) is 2.81. The largest absolute Gasteiger partial charge is 0.309 e. The Bertz CT molecular complexity index is 283. The van der Waals surface area contributed by atoms with Crippen LogP contribution in [0.25, 0.3) is 0 Å². The molecule has 0 amide bonds. The second-order valence-electron chi connectivity index (χ2n) is 4.48. The van der Waals surface area contributed by atoms with Crippen molar-refractivity contribution in [2.45, 2.75) is 46.2 Å². The summed E-state index contributed by atoms with van der Waals surface area (Å²) in [5, 5.41) is 5.69. The Kier molecular flexibility index (Phi) is 5.87. The Morgan fingerprint density at radius 3 is 2.60 bits per heavy atom. The first-order valence-electron chi connectivity index (χ1n) is 5.54. The molecule has 3 heteroatoms. The highest BCUT2D eigenvalue weighted by Crippen LogP contribution is 2.19. The molecule has 1 N–H and O–H groups in total. The van der Waals surface area contributed by atoms with E-state index >= 15 is 0 Å². The lowest BCUT2D eigenvalue weighted by molar-refractivity contribution is 0.452. The average molecular weight is 290 g/mol. The van der Waals surface area contributed by atoms with Gasteiger partial charge in [-0.25, -0.2) is 0 Å². The predicted octanol–water partition coefficient (Wildman–Crippen LogP) is 4.42. The molecule has 0 radical (unpaired) electrons. The van der Waals surface area contributed by atoms with Crippen LogP contribution in [0.3, 0.4) is 0 Å². The molecule has 1 unspecified atom stereocenters. The van der Waals surface area contributed by atoms with Gasteiger partial charge in [0.1, 0.15) is 0 Å². The van der Waals surface area contributed by atoms with Crippen molar-refractivity contribution in [3.63, 3.8) is 0 Å². The van der Waals surface area contributed by atoms with Crippen LogP contribution in [0.5, 0.6) is 0 Å². The molecule has 0 aliphatic heterocycles. The molecule has 1 aromatic rings. The van der Waals surface area contributed by atoms with Gasteiger partial charge < -0.3 is 5.32 Å². The maximum Gasteiger partial charge on any atom is 0.0302 e. The van der Waals surface area contributed by atoms with Crippen molar-refractivity contribution >= 4 is 27.3 Å². The first kappa shape index (κ1) is 13.2. The zero-order chi connectivity index (χ0) is 11.3. The number of hydrogen-bond donors (Lipinski definition) is 1. The summed E-state index contributed by atoms with van der Waals surface area (Å²) in [5.41, 5.74) is 0. The summed E-state index contributed by atoms with van der Waals surface area (Å²) >= 11 is 5.28. The van der Waals surface area contributed by atoms with E-state index in [1.807, 2.05) is 0 Å². The van der Waals surface area contributed by atoms with Crippen LogP contribution in [0.4, 0.5) is 0 Å². The number of hydrogen-bond acceptors (Lipinski definition) is 2. The molecule has 0 spiro atoms. The molecule has 1 atom stereocenters. The molecular formula is C12H20BrNS. The van der Waals surface area contributed by atoms with Gasteiger partial charge in [-0.15, -0.1) is 11.3 Å². The third-order valence-corrected chi connectivity index (χ3v) is 4.12. The van der Waals surface area contributed by atoms with Crippen molar-refractivity contribution in [2.24, 2.45) is 5.92 Å². The minimum Gasteiger partial charge on any atom is -0.309 e. The van der Waals surface area contributed by atoms with Gasteiger partial charge in [-0.2, -0.15) is 0 Å². The van der Waals surface area contributed by atoms with E-state index in [1.54, 1.807) is 11.3 Å². The highest BCUT2D eigenvalue weighted by atomic mass is 79.9. The summed E-state index contributed by atoms with van der Waals surface area (Å²) in [7, 11) is 0. The molecule has 15 heavy (non-hydrogen) atoms. The van der Waals surface area contributed by atoms with Gasteiger partial charge in [0.25, 0.3) is 0 Å². The van der Waals surface area contributed by atoms with Gasteiger partial charge in [-0.1, -0.05) is 13.8 Å². The second kappa shape index (κ2) is 6.66. The molecule has 1 rings (SSSR count). The number of halogens is 1. The van der Waals surface area contributed by atoms with Crippen molar-refractivity contribution in [1.82, 2.24) is 5.32 Å². The van der Waals surface area contributed by atoms with Gasteiger partial charge in [-0.05, 0) is 47.7 Å². The third kappa shape index (κ3) is 5.69. The van der Waals surface area contributed by atoms with Crippen LogP contribution in [0.15, 0.2) is 15.9 Å². The second-order valence-corrected chi connectivity index (χ2v) is 6.40. The van der Waals surface area contributed by atoms with Gasteiger partial charge in [0, 0.05) is 27.3 Å². The minimum atomic E-state index is 0.619. The van der Waals surface area contributed by atoms with Gasteiger partial charge in [0.2, 0.25) is 0 Å². The predicted molar refractivity (Wildman–Crippen MR) is 72.4 cm³/mol. The Hall–Kier alpha value is 0.140. The molecule has 86 valence electrons. The summed E-state index contributed by atoms with van der Waals surface area (Å²) in [5.74, 6) is 0.810. The van der Waals surface area contributed by atoms with Gasteiger partial charge in [0.05, 0.1) is 0 Å². The fourth-order valence-corrected chi connectivity index (χ4v) is 2.81. The molecule has 0 bridgehead atoms. The monoisotopic (exact) mass is 289 g/mol. The zero-order valence-corrected chi connectivity index (χ0v) is 12.1.